The second-order valence-corrected chi connectivity index (χ2v) is 18.4. The molecule has 2 aliphatic heterocycles. The molecule has 6 rings (SSSR count). The molecule has 4 N–H and O–H groups in total. The number of nitrogens with one attached hydrogen (secondary N) is 2. The molecule has 4 aromatic carbocycles. The van der Waals surface area contributed by atoms with Gasteiger partial charge in [-0.3, -0.25) is 24.1 Å². The van der Waals surface area contributed by atoms with Gasteiger partial charge in [-0.05, 0) is 73.5 Å². The summed E-state index contributed by atoms with van der Waals surface area (Å²) < 4.78 is 95.8. The summed E-state index contributed by atoms with van der Waals surface area (Å²) in [6.07, 6.45) is 1.97. The molecule has 0 bridgehead atoms. The first kappa shape index (κ1) is 51.1. The number of cyclic esters (lactones) is 2. The predicted molar refractivity (Wildman–Crippen MR) is 253 cm³/mol. The van der Waals surface area contributed by atoms with Crippen LogP contribution in [-0.2, 0) is 34.0 Å². The standard InChI is InChI=1S/C22H24N2O7S.C12H19NO4S.C10H7NO4.2CH4/c1-5-31-19-11-14(9-10-18(19)30-3)17(12-32(4,28)29)24-21(26)15-7-6-8-16(23-13(2)25)20(15)22(24)27;1-4-17-12-7-9(5-6-11(12)16-2)10(13)8-18(3,14)15;1-5(12)11-7-4-2-3-6-8(7)10(14)15-9(6)13;;/h6-11,17H,5,12H2,1-4H3,(H,23,25);5-7,10H,4,8,13H2,1-3H3;2-4H,1H3,(H,11,12);2*1H4/t17-;10-;;;/m11.../s1/i17D;10D;;1D;. The van der Waals surface area contributed by atoms with Gasteiger partial charge in [-0.25, -0.2) is 26.4 Å². The Morgan fingerprint density at radius 1 is 0.687 bits per heavy atom. The SMILES string of the molecule is C.CC(=O)Nc1cccc2c1C(=O)OC2=O.[2H]C.[2H][C@@](CS(C)(=O)=O)(c1ccc(OC)c(OCC)c1)N1C(=O)c2cccc(NC(C)=O)c2C1=O.[2H][C@@](N)(CS(C)(=O)=O)c1ccc(OC)c(OCC)c1. The molecule has 67 heavy (non-hydrogen) atoms. The van der Waals surface area contributed by atoms with Crippen molar-refractivity contribution in [2.45, 2.75) is 54.6 Å². The summed E-state index contributed by atoms with van der Waals surface area (Å²) in [5.41, 5.74) is 6.77. The van der Waals surface area contributed by atoms with E-state index in [-0.39, 0.29) is 59.2 Å². The molecule has 0 fully saturated rings. The van der Waals surface area contributed by atoms with Crippen LogP contribution in [0.3, 0.4) is 0 Å². The van der Waals surface area contributed by atoms with Gasteiger partial charge in [0.15, 0.2) is 23.0 Å². The Kier molecular flexibility index (Phi) is 18.4. The fourth-order valence-electron chi connectivity index (χ4n) is 6.41. The Morgan fingerprint density at radius 2 is 1.15 bits per heavy atom. The molecule has 0 unspecified atom stereocenters. The number of carbonyl (C=O) groups excluding carboxylic acids is 6. The van der Waals surface area contributed by atoms with E-state index in [4.69, 9.17) is 28.8 Å². The molecule has 0 saturated carbocycles. The number of rotatable bonds is 15. The Balaban J connectivity index is 0.000000384. The van der Waals surface area contributed by atoms with Crippen LogP contribution in [0.5, 0.6) is 23.0 Å². The van der Waals surface area contributed by atoms with Gasteiger partial charge < -0.3 is 40.1 Å². The normalized spacial score (nSPS) is 14.8. The average Bonchev–Trinajstić information content (AvgIpc) is 3.70. The largest absolute Gasteiger partial charge is 0.493 e. The number of anilines is 2. The molecule has 2 atom stereocenters. The molecule has 4 aromatic rings. The first-order valence-electron chi connectivity index (χ1n) is 21.4. The number of methoxy groups -OCH3 is 2. The Labute approximate surface area is 395 Å². The lowest BCUT2D eigenvalue weighted by Crippen LogP contribution is -2.37. The molecule has 21 heteroatoms. The molecule has 0 radical (unpaired) electrons. The monoisotopic (exact) mass is 973 g/mol. The van der Waals surface area contributed by atoms with Crippen molar-refractivity contribution in [3.05, 3.63) is 106 Å². The number of fused-ring (bicyclic) bond motifs is 2. The highest BCUT2D eigenvalue weighted by molar-refractivity contribution is 7.90. The van der Waals surface area contributed by atoms with Crippen molar-refractivity contribution < 1.29 is 73.4 Å². The number of ether oxygens (including phenoxy) is 5. The number of imide groups is 1. The molecule has 0 aliphatic carbocycles. The van der Waals surface area contributed by atoms with Crippen molar-refractivity contribution >= 4 is 66.6 Å². The summed E-state index contributed by atoms with van der Waals surface area (Å²) in [6.45, 7) is 6.83. The third-order valence-corrected chi connectivity index (χ3v) is 10.6. The minimum absolute atomic E-state index is 0. The summed E-state index contributed by atoms with van der Waals surface area (Å²) >= 11 is 0. The second kappa shape index (κ2) is 24.1. The van der Waals surface area contributed by atoms with Gasteiger partial charge in [-0.15, -0.1) is 0 Å². The minimum Gasteiger partial charge on any atom is -0.493 e. The topological polar surface area (TPSA) is 270 Å². The van der Waals surface area contributed by atoms with Gasteiger partial charge in [0.2, 0.25) is 11.8 Å². The van der Waals surface area contributed by atoms with Crippen LogP contribution in [-0.4, -0.2) is 109 Å². The number of nitrogens with two attached hydrogens (primary N) is 1. The van der Waals surface area contributed by atoms with Gasteiger partial charge in [-0.2, -0.15) is 0 Å². The van der Waals surface area contributed by atoms with Crippen molar-refractivity contribution in [2.24, 2.45) is 5.73 Å². The van der Waals surface area contributed by atoms with Crippen molar-refractivity contribution in [2.75, 3.05) is 62.1 Å². The smallest absolute Gasteiger partial charge is 0.349 e. The van der Waals surface area contributed by atoms with Crippen LogP contribution in [0.1, 0.15) is 111 Å². The van der Waals surface area contributed by atoms with E-state index in [0.717, 1.165) is 12.5 Å². The quantitative estimate of drug-likeness (QED) is 0.0721. The molecule has 0 spiro atoms. The Hall–Kier alpha value is -6.84. The van der Waals surface area contributed by atoms with E-state index >= 15 is 0 Å². The molecule has 2 aliphatic rings. The maximum atomic E-state index is 13.4. The Morgan fingerprint density at radius 3 is 1.61 bits per heavy atom. The lowest BCUT2D eigenvalue weighted by molar-refractivity contribution is -0.115. The van der Waals surface area contributed by atoms with Crippen LogP contribution >= 0.6 is 0 Å². The average molecular weight is 974 g/mol. The van der Waals surface area contributed by atoms with Crippen molar-refractivity contribution in [1.82, 2.24) is 4.90 Å². The molecule has 364 valence electrons. The summed E-state index contributed by atoms with van der Waals surface area (Å²) in [5.74, 6) is -3.66. The van der Waals surface area contributed by atoms with Gasteiger partial charge in [0, 0.05) is 33.7 Å². The van der Waals surface area contributed by atoms with Crippen molar-refractivity contribution in [3.63, 3.8) is 0 Å². The molecular formula is C46H58N4O15S2. The van der Waals surface area contributed by atoms with E-state index in [1.54, 1.807) is 37.3 Å². The fraction of sp³-hybridized carbons (Fsp3) is 0.348. The number of sulfone groups is 2. The zero-order valence-electron chi connectivity index (χ0n) is 40.7. The van der Waals surface area contributed by atoms with E-state index in [1.165, 1.54) is 77.9 Å². The number of nitrogens with zero attached hydrogens (tertiary/aromatic N) is 1. The second-order valence-electron chi connectivity index (χ2n) is 14.2. The van der Waals surface area contributed by atoms with E-state index in [1.807, 2.05) is 6.92 Å². The fourth-order valence-corrected chi connectivity index (χ4v) is 7.94. The van der Waals surface area contributed by atoms with Crippen LogP contribution in [0.25, 0.3) is 0 Å². The van der Waals surface area contributed by atoms with Crippen LogP contribution in [0.15, 0.2) is 72.8 Å². The van der Waals surface area contributed by atoms with Crippen LogP contribution < -0.4 is 35.3 Å². The molecule has 4 amide bonds. The Bertz CT molecular complexity index is 2840. The number of hydrogen-bond acceptors (Lipinski definition) is 16. The third kappa shape index (κ3) is 14.6. The number of hydrogen-bond donors (Lipinski definition) is 3. The van der Waals surface area contributed by atoms with E-state index in [9.17, 15) is 45.6 Å². The van der Waals surface area contributed by atoms with E-state index in [0.29, 0.717) is 40.0 Å². The number of benzene rings is 4. The summed E-state index contributed by atoms with van der Waals surface area (Å²) in [7, 11) is -3.02. The molecule has 0 aromatic heterocycles. The lowest BCUT2D eigenvalue weighted by Gasteiger charge is -2.27. The minimum atomic E-state index is -3.85. The zero-order chi connectivity index (χ0) is 52.2. The molecule has 2 heterocycles. The highest BCUT2D eigenvalue weighted by Gasteiger charge is 2.43. The number of esters is 2. The van der Waals surface area contributed by atoms with E-state index < -0.39 is 72.9 Å². The van der Waals surface area contributed by atoms with Gasteiger partial charge >= 0.3 is 11.9 Å². The molecular weight excluding hydrogens is 913 g/mol. The maximum Gasteiger partial charge on any atom is 0.349 e. The lowest BCUT2D eigenvalue weighted by atomic mass is 10.1. The number of amides is 4. The summed E-state index contributed by atoms with van der Waals surface area (Å²) in [6, 6.07) is 13.9. The van der Waals surface area contributed by atoms with Crippen LogP contribution in [0.4, 0.5) is 11.4 Å². The maximum absolute atomic E-state index is 13.4. The molecule has 0 saturated heterocycles. The molecule has 19 nitrogen and oxygen atoms in total. The number of carbonyl (C=O) groups is 6. The summed E-state index contributed by atoms with van der Waals surface area (Å²) in [5, 5.41) is 4.97. The van der Waals surface area contributed by atoms with Crippen LogP contribution in [0, 0.1) is 0 Å². The van der Waals surface area contributed by atoms with Gasteiger partial charge in [0.1, 0.15) is 19.7 Å². The van der Waals surface area contributed by atoms with Gasteiger partial charge in [0.05, 0.1) is 81.3 Å². The first-order chi connectivity index (χ1) is 32.2. The van der Waals surface area contributed by atoms with E-state index in [2.05, 4.69) is 15.4 Å². The predicted octanol–water partition coefficient (Wildman–Crippen LogP) is 5.80. The highest BCUT2D eigenvalue weighted by Crippen LogP contribution is 2.39. The van der Waals surface area contributed by atoms with Crippen LogP contribution in [0.2, 0.25) is 0 Å². The third-order valence-electron chi connectivity index (χ3n) is 8.93. The first-order valence-corrected chi connectivity index (χ1v) is 23.6. The summed E-state index contributed by atoms with van der Waals surface area (Å²) in [4.78, 5) is 72.2. The van der Waals surface area contributed by atoms with Gasteiger partial charge in [-0.1, -0.05) is 39.1 Å². The van der Waals surface area contributed by atoms with Crippen molar-refractivity contribution in [3.8, 4) is 23.0 Å². The van der Waals surface area contributed by atoms with Crippen molar-refractivity contribution in [1.29, 1.82) is 0 Å². The zero-order valence-corrected chi connectivity index (χ0v) is 39.4. The van der Waals surface area contributed by atoms with Gasteiger partial charge in [0.25, 0.3) is 11.8 Å². The highest BCUT2D eigenvalue weighted by atomic mass is 32.2.